The Labute approximate surface area is 120 Å². The van der Waals surface area contributed by atoms with Crippen molar-refractivity contribution in [3.8, 4) is 11.4 Å². The summed E-state index contributed by atoms with van der Waals surface area (Å²) in [5.74, 6) is 0.679. The van der Waals surface area contributed by atoms with Crippen LogP contribution in [0.2, 0.25) is 0 Å². The molecule has 1 aromatic carbocycles. The molecule has 0 saturated heterocycles. The number of H-pyrrole nitrogens is 1. The number of halogens is 1. The van der Waals surface area contributed by atoms with E-state index >= 15 is 0 Å². The predicted molar refractivity (Wildman–Crippen MR) is 79.3 cm³/mol. The molecule has 0 atom stereocenters. The molecule has 3 rings (SSSR count). The minimum absolute atomic E-state index is 0.0322. The van der Waals surface area contributed by atoms with Crippen LogP contribution in [0.3, 0.4) is 0 Å². The largest absolute Gasteiger partial charge is 0.306 e. The summed E-state index contributed by atoms with van der Waals surface area (Å²) in [4.78, 5) is 19.8. The minimum atomic E-state index is 0.0322. The first kappa shape index (κ1) is 12.6. The quantitative estimate of drug-likeness (QED) is 0.818. The Morgan fingerprint density at radius 2 is 1.79 bits per heavy atom. The van der Waals surface area contributed by atoms with E-state index in [0.29, 0.717) is 5.82 Å². The summed E-state index contributed by atoms with van der Waals surface area (Å²) in [6.45, 7) is 0. The number of hydrogen-bond acceptors (Lipinski definition) is 2. The highest BCUT2D eigenvalue weighted by atomic mass is 79.9. The van der Waals surface area contributed by atoms with Gasteiger partial charge in [0.05, 0.1) is 5.69 Å². The van der Waals surface area contributed by atoms with Crippen LogP contribution in [0.5, 0.6) is 0 Å². The Morgan fingerprint density at radius 1 is 1.05 bits per heavy atom. The summed E-state index contributed by atoms with van der Waals surface area (Å²) in [6.07, 6.45) is 5.18. The van der Waals surface area contributed by atoms with Gasteiger partial charge in [0.15, 0.2) is 0 Å². The van der Waals surface area contributed by atoms with Crippen molar-refractivity contribution in [2.75, 3.05) is 0 Å². The third-order valence-corrected chi connectivity index (χ3v) is 4.09. The first-order chi connectivity index (χ1) is 9.24. The number of nitrogens with zero attached hydrogens (tertiary/aromatic N) is 1. The molecule has 0 spiro atoms. The van der Waals surface area contributed by atoms with E-state index in [1.807, 2.05) is 24.3 Å². The molecule has 4 heteroatoms. The van der Waals surface area contributed by atoms with E-state index in [1.165, 1.54) is 6.42 Å². The van der Waals surface area contributed by atoms with E-state index in [0.717, 1.165) is 47.0 Å². The molecular formula is C15H15BrN2O. The van der Waals surface area contributed by atoms with Gasteiger partial charge in [-0.05, 0) is 37.8 Å². The van der Waals surface area contributed by atoms with Crippen LogP contribution in [0.15, 0.2) is 33.5 Å². The zero-order valence-corrected chi connectivity index (χ0v) is 12.2. The van der Waals surface area contributed by atoms with Crippen molar-refractivity contribution < 1.29 is 0 Å². The highest BCUT2D eigenvalue weighted by Crippen LogP contribution is 2.21. The molecule has 1 aliphatic rings. The standard InChI is InChI=1S/C15H15BrN2O/c16-11-8-6-10(7-9-11)14-17-13-5-3-1-2-4-12(13)15(19)18-14/h6-9H,1-5H2,(H,17,18,19). The first-order valence-corrected chi connectivity index (χ1v) is 7.41. The smallest absolute Gasteiger partial charge is 0.254 e. The maximum absolute atomic E-state index is 12.2. The normalized spacial score (nSPS) is 14.8. The van der Waals surface area contributed by atoms with Gasteiger partial charge in [-0.1, -0.05) is 34.5 Å². The number of hydrogen-bond donors (Lipinski definition) is 1. The summed E-state index contributed by atoms with van der Waals surface area (Å²) in [7, 11) is 0. The maximum atomic E-state index is 12.2. The second-order valence-corrected chi connectivity index (χ2v) is 5.82. The molecule has 2 aromatic rings. The van der Waals surface area contributed by atoms with Gasteiger partial charge in [0.1, 0.15) is 5.82 Å². The fourth-order valence-electron chi connectivity index (χ4n) is 2.52. The van der Waals surface area contributed by atoms with E-state index in [2.05, 4.69) is 25.9 Å². The number of rotatable bonds is 1. The van der Waals surface area contributed by atoms with Crippen LogP contribution < -0.4 is 5.56 Å². The molecule has 0 unspecified atom stereocenters. The summed E-state index contributed by atoms with van der Waals surface area (Å²) >= 11 is 3.41. The Balaban J connectivity index is 2.08. The number of nitrogens with one attached hydrogen (secondary N) is 1. The molecule has 0 aliphatic heterocycles. The van der Waals surface area contributed by atoms with Crippen molar-refractivity contribution in [3.05, 3.63) is 50.3 Å². The van der Waals surface area contributed by atoms with Gasteiger partial charge < -0.3 is 4.98 Å². The number of aromatic nitrogens is 2. The maximum Gasteiger partial charge on any atom is 0.254 e. The fraction of sp³-hybridized carbons (Fsp3) is 0.333. The molecule has 1 aromatic heterocycles. The average Bonchev–Trinajstić information content (AvgIpc) is 2.65. The van der Waals surface area contributed by atoms with Gasteiger partial charge in [0.25, 0.3) is 5.56 Å². The molecule has 98 valence electrons. The molecule has 1 aliphatic carbocycles. The SMILES string of the molecule is O=c1[nH]c(-c2ccc(Br)cc2)nc2c1CCCCC2. The van der Waals surface area contributed by atoms with Crippen molar-refractivity contribution >= 4 is 15.9 Å². The highest BCUT2D eigenvalue weighted by molar-refractivity contribution is 9.10. The summed E-state index contributed by atoms with van der Waals surface area (Å²) in [5, 5.41) is 0. The van der Waals surface area contributed by atoms with Crippen LogP contribution in [-0.4, -0.2) is 9.97 Å². The zero-order valence-electron chi connectivity index (χ0n) is 10.6. The fourth-order valence-corrected chi connectivity index (χ4v) is 2.79. The molecule has 0 bridgehead atoms. The van der Waals surface area contributed by atoms with Crippen molar-refractivity contribution in [1.29, 1.82) is 0 Å². The predicted octanol–water partition coefficient (Wildman–Crippen LogP) is 3.47. The number of benzene rings is 1. The van der Waals surface area contributed by atoms with Crippen LogP contribution in [0, 0.1) is 0 Å². The lowest BCUT2D eigenvalue weighted by atomic mass is 10.1. The van der Waals surface area contributed by atoms with E-state index in [4.69, 9.17) is 0 Å². The molecule has 1 N–H and O–H groups in total. The van der Waals surface area contributed by atoms with Gasteiger partial charge in [0, 0.05) is 15.6 Å². The van der Waals surface area contributed by atoms with Crippen LogP contribution in [0.1, 0.15) is 30.5 Å². The van der Waals surface area contributed by atoms with Crippen LogP contribution in [-0.2, 0) is 12.8 Å². The molecule has 0 saturated carbocycles. The van der Waals surface area contributed by atoms with Gasteiger partial charge >= 0.3 is 0 Å². The minimum Gasteiger partial charge on any atom is -0.306 e. The summed E-state index contributed by atoms with van der Waals surface area (Å²) in [5.41, 5.74) is 2.86. The Bertz CT molecular complexity index is 646. The average molecular weight is 319 g/mol. The van der Waals surface area contributed by atoms with Gasteiger partial charge in [-0.25, -0.2) is 4.98 Å². The Kier molecular flexibility index (Phi) is 3.51. The molecule has 3 nitrogen and oxygen atoms in total. The van der Waals surface area contributed by atoms with E-state index in [9.17, 15) is 4.79 Å². The lowest BCUT2D eigenvalue weighted by molar-refractivity contribution is 0.708. The summed E-state index contributed by atoms with van der Waals surface area (Å²) < 4.78 is 1.02. The molecule has 19 heavy (non-hydrogen) atoms. The van der Waals surface area contributed by atoms with E-state index in [-0.39, 0.29) is 5.56 Å². The second-order valence-electron chi connectivity index (χ2n) is 4.91. The topological polar surface area (TPSA) is 45.8 Å². The van der Waals surface area contributed by atoms with Gasteiger partial charge in [-0.2, -0.15) is 0 Å². The van der Waals surface area contributed by atoms with Crippen molar-refractivity contribution in [2.45, 2.75) is 32.1 Å². The van der Waals surface area contributed by atoms with Gasteiger partial charge in [-0.15, -0.1) is 0 Å². The molecule has 0 fully saturated rings. The van der Waals surface area contributed by atoms with Crippen molar-refractivity contribution in [2.24, 2.45) is 0 Å². The molecule has 1 heterocycles. The van der Waals surface area contributed by atoms with E-state index < -0.39 is 0 Å². The lowest BCUT2D eigenvalue weighted by Gasteiger charge is -2.07. The van der Waals surface area contributed by atoms with Crippen LogP contribution in [0.4, 0.5) is 0 Å². The highest BCUT2D eigenvalue weighted by Gasteiger charge is 2.14. The Morgan fingerprint density at radius 3 is 2.58 bits per heavy atom. The van der Waals surface area contributed by atoms with Gasteiger partial charge in [0.2, 0.25) is 0 Å². The van der Waals surface area contributed by atoms with E-state index in [1.54, 1.807) is 0 Å². The Hall–Kier alpha value is -1.42. The zero-order chi connectivity index (χ0) is 13.2. The number of fused-ring (bicyclic) bond motifs is 1. The number of aryl methyl sites for hydroxylation is 1. The monoisotopic (exact) mass is 318 g/mol. The first-order valence-electron chi connectivity index (χ1n) is 6.62. The number of aromatic amines is 1. The lowest BCUT2D eigenvalue weighted by Crippen LogP contribution is -2.18. The molecular weight excluding hydrogens is 304 g/mol. The van der Waals surface area contributed by atoms with Gasteiger partial charge in [-0.3, -0.25) is 4.79 Å². The van der Waals surface area contributed by atoms with Crippen LogP contribution in [0.25, 0.3) is 11.4 Å². The van der Waals surface area contributed by atoms with Crippen molar-refractivity contribution in [3.63, 3.8) is 0 Å². The van der Waals surface area contributed by atoms with Crippen LogP contribution >= 0.6 is 15.9 Å². The second kappa shape index (κ2) is 5.29. The molecule has 0 radical (unpaired) electrons. The third kappa shape index (κ3) is 2.63. The molecule has 0 amide bonds. The summed E-state index contributed by atoms with van der Waals surface area (Å²) in [6, 6.07) is 7.85. The third-order valence-electron chi connectivity index (χ3n) is 3.56. The van der Waals surface area contributed by atoms with Crippen molar-refractivity contribution in [1.82, 2.24) is 9.97 Å².